The van der Waals surface area contributed by atoms with Crippen molar-refractivity contribution in [3.8, 4) is 5.75 Å². The minimum absolute atomic E-state index is 0.283. The van der Waals surface area contributed by atoms with Crippen LogP contribution in [0.3, 0.4) is 0 Å². The Bertz CT molecular complexity index is 464. The Kier molecular flexibility index (Phi) is 4.59. The van der Waals surface area contributed by atoms with Crippen LogP contribution in [-0.4, -0.2) is 29.6 Å². The Hall–Kier alpha value is -2.18. The highest BCUT2D eigenvalue weighted by atomic mass is 19.1. The molecule has 0 bridgehead atoms. The molecule has 0 spiro atoms. The van der Waals surface area contributed by atoms with Crippen molar-refractivity contribution in [2.24, 2.45) is 0 Å². The average Bonchev–Trinajstić information content (AvgIpc) is 2.27. The number of nitrogens with one attached hydrogen (secondary N) is 1. The lowest BCUT2D eigenvalue weighted by Gasteiger charge is -2.10. The minimum Gasteiger partial charge on any atom is -0.481 e. The first-order valence-electron chi connectivity index (χ1n) is 5.00. The molecule has 5 nitrogen and oxygen atoms in total. The average molecular weight is 259 g/mol. The molecule has 98 valence electrons. The second-order valence-corrected chi connectivity index (χ2v) is 3.49. The van der Waals surface area contributed by atoms with E-state index in [2.05, 4.69) is 5.32 Å². The predicted octanol–water partition coefficient (Wildman–Crippen LogP) is 0.933. The molecule has 0 saturated heterocycles. The molecule has 0 aliphatic heterocycles. The first kappa shape index (κ1) is 13.9. The molecule has 1 rings (SSSR count). The Morgan fingerprint density at radius 1 is 1.44 bits per heavy atom. The number of benzene rings is 1. The van der Waals surface area contributed by atoms with Gasteiger partial charge in [0, 0.05) is 6.07 Å². The maximum Gasteiger partial charge on any atom is 0.325 e. The van der Waals surface area contributed by atoms with E-state index >= 15 is 0 Å². The molecule has 0 aliphatic carbocycles. The molecule has 0 saturated carbocycles. The topological polar surface area (TPSA) is 75.6 Å². The predicted molar refractivity (Wildman–Crippen MR) is 57.1 cm³/mol. The summed E-state index contributed by atoms with van der Waals surface area (Å²) in [6.07, 6.45) is 0. The molecule has 0 unspecified atom stereocenters. The van der Waals surface area contributed by atoms with Gasteiger partial charge in [-0.05, 0) is 19.1 Å². The fourth-order valence-electron chi connectivity index (χ4n) is 1.08. The van der Waals surface area contributed by atoms with Gasteiger partial charge in [0.25, 0.3) is 5.91 Å². The molecule has 1 aromatic rings. The first-order valence-corrected chi connectivity index (χ1v) is 5.00. The van der Waals surface area contributed by atoms with Crippen LogP contribution in [0.25, 0.3) is 0 Å². The van der Waals surface area contributed by atoms with Crippen molar-refractivity contribution in [3.05, 3.63) is 29.8 Å². The van der Waals surface area contributed by atoms with Crippen LogP contribution in [0.5, 0.6) is 5.75 Å². The Morgan fingerprint density at radius 3 is 2.67 bits per heavy atom. The third kappa shape index (κ3) is 4.00. The third-order valence-electron chi connectivity index (χ3n) is 2.00. The quantitative estimate of drug-likeness (QED) is 0.825. The van der Waals surface area contributed by atoms with E-state index in [1.165, 1.54) is 6.92 Å². The number of aliphatic carboxylic acids is 1. The van der Waals surface area contributed by atoms with Gasteiger partial charge in [-0.15, -0.1) is 0 Å². The van der Waals surface area contributed by atoms with Gasteiger partial charge in [0.1, 0.15) is 11.9 Å². The fourth-order valence-corrected chi connectivity index (χ4v) is 1.08. The first-order chi connectivity index (χ1) is 8.40. The number of carbonyl (C=O) groups is 2. The summed E-state index contributed by atoms with van der Waals surface area (Å²) in [7, 11) is 0. The molecule has 2 N–H and O–H groups in total. The molecule has 1 aromatic carbocycles. The normalized spacial score (nSPS) is 11.7. The van der Waals surface area contributed by atoms with Crippen molar-refractivity contribution < 1.29 is 28.2 Å². The van der Waals surface area contributed by atoms with Crippen molar-refractivity contribution in [2.75, 3.05) is 6.61 Å². The van der Waals surface area contributed by atoms with Crippen LogP contribution >= 0.6 is 0 Å². The SMILES string of the molecule is C[C@@H](NC(=O)COc1ccc(F)cc1F)C(=O)O. The van der Waals surface area contributed by atoms with E-state index in [9.17, 15) is 18.4 Å². The summed E-state index contributed by atoms with van der Waals surface area (Å²) in [6.45, 7) is 0.721. The molecular weight excluding hydrogens is 248 g/mol. The van der Waals surface area contributed by atoms with E-state index < -0.39 is 36.2 Å². The summed E-state index contributed by atoms with van der Waals surface area (Å²) in [5.41, 5.74) is 0. The Balaban J connectivity index is 2.50. The number of hydrogen-bond donors (Lipinski definition) is 2. The number of hydrogen-bond acceptors (Lipinski definition) is 3. The summed E-state index contributed by atoms with van der Waals surface area (Å²) < 4.78 is 30.5. The zero-order valence-corrected chi connectivity index (χ0v) is 9.44. The number of carboxylic acid groups (broad SMARTS) is 1. The molecule has 1 atom stereocenters. The van der Waals surface area contributed by atoms with Gasteiger partial charge >= 0.3 is 5.97 Å². The van der Waals surface area contributed by atoms with Gasteiger partial charge in [0.05, 0.1) is 0 Å². The summed E-state index contributed by atoms with van der Waals surface area (Å²) >= 11 is 0. The van der Waals surface area contributed by atoms with Gasteiger partial charge in [0.15, 0.2) is 18.2 Å². The number of amides is 1. The number of carboxylic acids is 1. The van der Waals surface area contributed by atoms with E-state index in [1.54, 1.807) is 0 Å². The van der Waals surface area contributed by atoms with Gasteiger partial charge in [0.2, 0.25) is 0 Å². The molecule has 0 fully saturated rings. The summed E-state index contributed by atoms with van der Waals surface area (Å²) in [5.74, 6) is -3.89. The summed E-state index contributed by atoms with van der Waals surface area (Å²) in [6, 6.07) is 1.57. The standard InChI is InChI=1S/C11H11F2NO4/c1-6(11(16)17)14-10(15)5-18-9-3-2-7(12)4-8(9)13/h2-4,6H,5H2,1H3,(H,14,15)(H,16,17)/t6-/m1/s1. The molecule has 1 amide bonds. The number of rotatable bonds is 5. The van der Waals surface area contributed by atoms with Crippen LogP contribution in [0.15, 0.2) is 18.2 Å². The molecule has 7 heteroatoms. The second-order valence-electron chi connectivity index (χ2n) is 3.49. The lowest BCUT2D eigenvalue weighted by molar-refractivity contribution is -0.141. The van der Waals surface area contributed by atoms with Crippen LogP contribution in [-0.2, 0) is 9.59 Å². The van der Waals surface area contributed by atoms with Gasteiger partial charge in [-0.25, -0.2) is 8.78 Å². The van der Waals surface area contributed by atoms with E-state index in [4.69, 9.17) is 9.84 Å². The number of ether oxygens (including phenoxy) is 1. The van der Waals surface area contributed by atoms with Crippen LogP contribution in [0.1, 0.15) is 6.92 Å². The summed E-state index contributed by atoms with van der Waals surface area (Å²) in [4.78, 5) is 21.7. The third-order valence-corrected chi connectivity index (χ3v) is 2.00. The smallest absolute Gasteiger partial charge is 0.325 e. The van der Waals surface area contributed by atoms with Gasteiger partial charge < -0.3 is 15.2 Å². The van der Waals surface area contributed by atoms with Crippen molar-refractivity contribution in [2.45, 2.75) is 13.0 Å². The maximum atomic E-state index is 13.1. The molecule has 0 aliphatic rings. The molecular formula is C11H11F2NO4. The van der Waals surface area contributed by atoms with Gasteiger partial charge in [-0.1, -0.05) is 0 Å². The minimum atomic E-state index is -1.20. The van der Waals surface area contributed by atoms with E-state index in [1.807, 2.05) is 0 Å². The van der Waals surface area contributed by atoms with Crippen LogP contribution in [0.4, 0.5) is 8.78 Å². The van der Waals surface area contributed by atoms with Gasteiger partial charge in [-0.3, -0.25) is 9.59 Å². The molecule has 0 aromatic heterocycles. The number of halogens is 2. The van der Waals surface area contributed by atoms with Crippen molar-refractivity contribution in [1.29, 1.82) is 0 Å². The Morgan fingerprint density at radius 2 is 2.11 bits per heavy atom. The highest BCUT2D eigenvalue weighted by Crippen LogP contribution is 2.17. The molecule has 0 radical (unpaired) electrons. The maximum absolute atomic E-state index is 13.1. The molecule has 0 heterocycles. The summed E-state index contributed by atoms with van der Waals surface area (Å²) in [5, 5.41) is 10.7. The van der Waals surface area contributed by atoms with Crippen molar-refractivity contribution in [3.63, 3.8) is 0 Å². The van der Waals surface area contributed by atoms with Crippen LogP contribution < -0.4 is 10.1 Å². The molecule has 18 heavy (non-hydrogen) atoms. The fraction of sp³-hybridized carbons (Fsp3) is 0.273. The highest BCUT2D eigenvalue weighted by molar-refractivity contribution is 5.84. The van der Waals surface area contributed by atoms with E-state index in [0.717, 1.165) is 12.1 Å². The number of carbonyl (C=O) groups excluding carboxylic acids is 1. The monoisotopic (exact) mass is 259 g/mol. The lowest BCUT2D eigenvalue weighted by Crippen LogP contribution is -2.40. The van der Waals surface area contributed by atoms with Gasteiger partial charge in [-0.2, -0.15) is 0 Å². The second kappa shape index (κ2) is 5.95. The van der Waals surface area contributed by atoms with E-state index in [-0.39, 0.29) is 5.75 Å². The zero-order chi connectivity index (χ0) is 13.7. The zero-order valence-electron chi connectivity index (χ0n) is 9.44. The highest BCUT2D eigenvalue weighted by Gasteiger charge is 2.14. The van der Waals surface area contributed by atoms with Crippen LogP contribution in [0.2, 0.25) is 0 Å². The Labute approximate surface area is 101 Å². The largest absolute Gasteiger partial charge is 0.481 e. The lowest BCUT2D eigenvalue weighted by atomic mass is 10.3. The van der Waals surface area contributed by atoms with Crippen LogP contribution in [0, 0.1) is 11.6 Å². The van der Waals surface area contributed by atoms with Crippen molar-refractivity contribution in [1.82, 2.24) is 5.32 Å². The van der Waals surface area contributed by atoms with E-state index in [0.29, 0.717) is 6.07 Å². The van der Waals surface area contributed by atoms with Crippen molar-refractivity contribution >= 4 is 11.9 Å².